The number of allylic oxidation sites excluding steroid dienone is 10. The number of phosphoric acid groups is 1. The first-order valence-corrected chi connectivity index (χ1v) is 22.3. The van der Waals surface area contributed by atoms with Gasteiger partial charge in [-0.1, -0.05) is 125 Å². The minimum absolute atomic E-state index is 0.00508. The van der Waals surface area contributed by atoms with Gasteiger partial charge in [-0.15, -0.1) is 0 Å². The van der Waals surface area contributed by atoms with E-state index in [1.54, 1.807) is 6.08 Å². The van der Waals surface area contributed by atoms with E-state index < -0.39 is 38.6 Å². The second kappa shape index (κ2) is 35.8. The number of hydrogen-bond donors (Lipinski definition) is 2. The fourth-order valence-corrected chi connectivity index (χ4v) is 5.75. The smallest absolute Gasteiger partial charge is 0.462 e. The van der Waals surface area contributed by atoms with Crippen LogP contribution in [0, 0.1) is 0 Å². The van der Waals surface area contributed by atoms with Crippen molar-refractivity contribution in [3.8, 4) is 0 Å². The highest BCUT2D eigenvalue weighted by molar-refractivity contribution is 7.47. The van der Waals surface area contributed by atoms with Crippen LogP contribution in [0.2, 0.25) is 0 Å². The Bertz CT molecular complexity index is 1190. The first-order valence-electron chi connectivity index (χ1n) is 20.8. The van der Waals surface area contributed by atoms with Crippen LogP contribution in [-0.2, 0) is 32.7 Å². The maximum absolute atomic E-state index is 12.6. The number of ether oxygens (including phenoxy) is 2. The molecule has 316 valence electrons. The number of hydrogen-bond acceptors (Lipinski definition) is 8. The number of unbranched alkanes of at least 4 members (excludes halogenated alkanes) is 10. The summed E-state index contributed by atoms with van der Waals surface area (Å²) in [5.74, 6) is -0.925. The average Bonchev–Trinajstić information content (AvgIpc) is 3.13. The molecule has 55 heavy (non-hydrogen) atoms. The predicted octanol–water partition coefficient (Wildman–Crippen LogP) is 10.4. The molecule has 0 rings (SSSR count). The van der Waals surface area contributed by atoms with E-state index in [2.05, 4.69) is 44.2 Å². The highest BCUT2D eigenvalue weighted by Crippen LogP contribution is 2.43. The number of nitrogens with zero attached hydrogens (tertiary/aromatic N) is 1. The third-order valence-corrected chi connectivity index (χ3v) is 9.29. The lowest BCUT2D eigenvalue weighted by molar-refractivity contribution is -0.870. The van der Waals surface area contributed by atoms with Gasteiger partial charge < -0.3 is 24.0 Å². The third kappa shape index (κ3) is 39.4. The molecule has 0 saturated carbocycles. The summed E-state index contributed by atoms with van der Waals surface area (Å²) in [5.41, 5.74) is 0. The third-order valence-electron chi connectivity index (χ3n) is 8.30. The number of rotatable bonds is 36. The second-order valence-electron chi connectivity index (χ2n) is 14.8. The molecule has 3 unspecified atom stereocenters. The number of esters is 2. The molecule has 2 N–H and O–H groups in total. The maximum atomic E-state index is 12.6. The van der Waals surface area contributed by atoms with E-state index in [0.29, 0.717) is 43.1 Å². The summed E-state index contributed by atoms with van der Waals surface area (Å²) in [6, 6.07) is 0. The van der Waals surface area contributed by atoms with Crippen LogP contribution < -0.4 is 0 Å². The lowest BCUT2D eigenvalue weighted by Crippen LogP contribution is -2.37. The molecule has 0 amide bonds. The van der Waals surface area contributed by atoms with Crippen molar-refractivity contribution in [2.24, 2.45) is 0 Å². The Morgan fingerprint density at radius 3 is 1.98 bits per heavy atom. The van der Waals surface area contributed by atoms with Gasteiger partial charge in [-0.3, -0.25) is 18.6 Å². The molecule has 10 nitrogen and oxygen atoms in total. The van der Waals surface area contributed by atoms with Crippen molar-refractivity contribution in [2.75, 3.05) is 47.5 Å². The quantitative estimate of drug-likeness (QED) is 0.0159. The van der Waals surface area contributed by atoms with Gasteiger partial charge in [0.15, 0.2) is 6.10 Å². The maximum Gasteiger partial charge on any atom is 0.472 e. The molecule has 0 aromatic rings. The lowest BCUT2D eigenvalue weighted by Gasteiger charge is -2.24. The fourth-order valence-electron chi connectivity index (χ4n) is 5.01. The Balaban J connectivity index is 4.60. The molecule has 0 fully saturated rings. The number of quaternary nitrogens is 1. The Morgan fingerprint density at radius 2 is 1.27 bits per heavy atom. The normalized spacial score (nSPS) is 15.0. The van der Waals surface area contributed by atoms with Gasteiger partial charge in [-0.05, 0) is 70.6 Å². The first-order chi connectivity index (χ1) is 26.4. The Labute approximate surface area is 334 Å². The second-order valence-corrected chi connectivity index (χ2v) is 16.3. The molecule has 11 heteroatoms. The van der Waals surface area contributed by atoms with Crippen LogP contribution in [0.5, 0.6) is 0 Å². The van der Waals surface area contributed by atoms with Crippen LogP contribution in [0.25, 0.3) is 0 Å². The number of carbonyl (C=O) groups excluding carboxylic acids is 2. The molecule has 0 bridgehead atoms. The zero-order valence-electron chi connectivity index (χ0n) is 35.0. The van der Waals surface area contributed by atoms with E-state index in [4.69, 9.17) is 18.5 Å². The largest absolute Gasteiger partial charge is 0.472 e. The SMILES string of the molecule is CC/C=C\C/C=C\CC(O)/C=C/C=C\C/C=C\CCCC(=O)OC(COC(=O)CCCCCCC/C=C\CCCCCC)COP(=O)(O)OCC[N+](C)(C)C. The van der Waals surface area contributed by atoms with Crippen molar-refractivity contribution in [2.45, 2.75) is 148 Å². The Morgan fingerprint density at radius 1 is 0.673 bits per heavy atom. The summed E-state index contributed by atoms with van der Waals surface area (Å²) in [7, 11) is 1.38. The van der Waals surface area contributed by atoms with Crippen LogP contribution in [0.3, 0.4) is 0 Å². The van der Waals surface area contributed by atoms with Gasteiger partial charge in [0.25, 0.3) is 0 Å². The lowest BCUT2D eigenvalue weighted by atomic mass is 10.1. The minimum atomic E-state index is -4.41. The monoisotopic (exact) mass is 795 g/mol. The van der Waals surface area contributed by atoms with Crippen molar-refractivity contribution < 1.29 is 47.2 Å². The van der Waals surface area contributed by atoms with Crippen LogP contribution in [0.15, 0.2) is 72.9 Å². The first kappa shape index (κ1) is 52.4. The summed E-state index contributed by atoms with van der Waals surface area (Å²) < 4.78 is 34.1. The molecule has 0 aromatic heterocycles. The molecular weight excluding hydrogens is 717 g/mol. The Hall–Kier alpha value is -2.59. The average molecular weight is 795 g/mol. The predicted molar refractivity (Wildman–Crippen MR) is 225 cm³/mol. The van der Waals surface area contributed by atoms with Crippen molar-refractivity contribution in [1.29, 1.82) is 0 Å². The standard InChI is InChI=1S/C44H76NO9P/c1-6-8-10-12-14-15-16-17-18-19-23-27-31-35-43(47)51-39-42(40-53-55(49,50)52-38-37-45(3,4)5)54-44(48)36-32-28-24-21-20-22-26-30-34-41(46)33-29-25-13-11-9-7-2/h9,11,15-16,21-22,24-26,29-30,34,41-42,46H,6-8,10,12-14,17-20,23,27-28,31-33,35-40H2,1-5H3/p+1/b11-9-,16-15-,24-21-,26-22-,29-25-,34-30+. The summed E-state index contributed by atoms with van der Waals surface area (Å²) in [6.45, 7) is 4.09. The molecule has 0 aliphatic rings. The summed E-state index contributed by atoms with van der Waals surface area (Å²) in [5, 5.41) is 10.0. The molecule has 0 heterocycles. The van der Waals surface area contributed by atoms with E-state index in [0.717, 1.165) is 44.9 Å². The van der Waals surface area contributed by atoms with Crippen molar-refractivity contribution in [3.05, 3.63) is 72.9 Å². The number of aliphatic hydroxyl groups excluding tert-OH is 1. The highest BCUT2D eigenvalue weighted by atomic mass is 31.2. The fraction of sp³-hybridized carbons (Fsp3) is 0.682. The Kier molecular flexibility index (Phi) is 34.1. The van der Waals surface area contributed by atoms with E-state index in [9.17, 15) is 24.2 Å². The van der Waals surface area contributed by atoms with Gasteiger partial charge in [0.2, 0.25) is 0 Å². The molecular formula is C44H77NO9P+. The molecule has 0 spiro atoms. The van der Waals surface area contributed by atoms with Crippen LogP contribution in [0.4, 0.5) is 0 Å². The number of carbonyl (C=O) groups is 2. The van der Waals surface area contributed by atoms with Crippen molar-refractivity contribution in [1.82, 2.24) is 0 Å². The van der Waals surface area contributed by atoms with Gasteiger partial charge >= 0.3 is 19.8 Å². The van der Waals surface area contributed by atoms with E-state index in [1.165, 1.54) is 32.1 Å². The van der Waals surface area contributed by atoms with Crippen molar-refractivity contribution >= 4 is 19.8 Å². The van der Waals surface area contributed by atoms with Crippen LogP contribution in [-0.4, -0.2) is 86.1 Å². The van der Waals surface area contributed by atoms with Gasteiger partial charge in [-0.25, -0.2) is 4.57 Å². The zero-order valence-corrected chi connectivity index (χ0v) is 35.9. The number of likely N-dealkylation sites (N-methyl/N-ethyl adjacent to an activating group) is 1. The van der Waals surface area contributed by atoms with E-state index >= 15 is 0 Å². The molecule has 0 radical (unpaired) electrons. The summed E-state index contributed by atoms with van der Waals surface area (Å²) in [4.78, 5) is 35.3. The van der Waals surface area contributed by atoms with E-state index in [-0.39, 0.29) is 26.1 Å². The van der Waals surface area contributed by atoms with Gasteiger partial charge in [-0.2, -0.15) is 0 Å². The van der Waals surface area contributed by atoms with Gasteiger partial charge in [0.05, 0.1) is 33.9 Å². The summed E-state index contributed by atoms with van der Waals surface area (Å²) >= 11 is 0. The zero-order chi connectivity index (χ0) is 40.9. The highest BCUT2D eigenvalue weighted by Gasteiger charge is 2.27. The molecule has 0 aromatic carbocycles. The van der Waals surface area contributed by atoms with Gasteiger partial charge in [0, 0.05) is 12.8 Å². The molecule has 3 atom stereocenters. The van der Waals surface area contributed by atoms with Crippen LogP contribution >= 0.6 is 7.82 Å². The van der Waals surface area contributed by atoms with E-state index in [1.807, 2.05) is 57.6 Å². The molecule has 0 aliphatic heterocycles. The summed E-state index contributed by atoms with van der Waals surface area (Å²) in [6.07, 6.45) is 39.9. The topological polar surface area (TPSA) is 129 Å². The van der Waals surface area contributed by atoms with Crippen molar-refractivity contribution in [3.63, 3.8) is 0 Å². The number of aliphatic hydroxyl groups is 1. The van der Waals surface area contributed by atoms with Crippen LogP contribution in [0.1, 0.15) is 136 Å². The molecule has 0 aliphatic carbocycles. The van der Waals surface area contributed by atoms with Gasteiger partial charge in [0.1, 0.15) is 19.8 Å². The number of phosphoric ester groups is 1. The minimum Gasteiger partial charge on any atom is -0.462 e. The molecule has 0 saturated heterocycles.